The molecule has 0 aliphatic rings. The summed E-state index contributed by atoms with van der Waals surface area (Å²) in [6.45, 7) is 0.269. The fourth-order valence-corrected chi connectivity index (χ4v) is 2.46. The number of aromatic nitrogens is 1. The van der Waals surface area contributed by atoms with Crippen molar-refractivity contribution in [2.75, 3.05) is 0 Å². The molecule has 4 nitrogen and oxygen atoms in total. The molecular formula is C19H16F2N2O2. The minimum absolute atomic E-state index is 0.157. The Morgan fingerprint density at radius 1 is 1.08 bits per heavy atom. The third-order valence-electron chi connectivity index (χ3n) is 3.76. The van der Waals surface area contributed by atoms with Crippen LogP contribution in [-0.2, 0) is 17.8 Å². The average molecular weight is 342 g/mol. The summed E-state index contributed by atoms with van der Waals surface area (Å²) in [4.78, 5) is 12.0. The molecule has 25 heavy (non-hydrogen) atoms. The number of amides is 1. The van der Waals surface area contributed by atoms with Gasteiger partial charge in [0.05, 0.1) is 0 Å². The summed E-state index contributed by atoms with van der Waals surface area (Å²) >= 11 is 0. The lowest BCUT2D eigenvalue weighted by Crippen LogP contribution is -2.23. The molecule has 3 rings (SSSR count). The number of nitrogens with zero attached hydrogens (tertiary/aromatic N) is 1. The van der Waals surface area contributed by atoms with Crippen LogP contribution in [0, 0.1) is 11.6 Å². The van der Waals surface area contributed by atoms with E-state index in [-0.39, 0.29) is 30.5 Å². The first-order valence-electron chi connectivity index (χ1n) is 7.82. The van der Waals surface area contributed by atoms with Gasteiger partial charge in [-0.1, -0.05) is 17.3 Å². The lowest BCUT2D eigenvalue weighted by molar-refractivity contribution is -0.121. The number of nitrogens with one attached hydrogen (secondary N) is 1. The van der Waals surface area contributed by atoms with Gasteiger partial charge in [-0.15, -0.1) is 0 Å². The molecule has 0 bridgehead atoms. The van der Waals surface area contributed by atoms with E-state index in [1.54, 1.807) is 24.3 Å². The van der Waals surface area contributed by atoms with Gasteiger partial charge in [-0.2, -0.15) is 0 Å². The summed E-state index contributed by atoms with van der Waals surface area (Å²) in [5.41, 5.74) is 2.79. The molecule has 2 aromatic carbocycles. The quantitative estimate of drug-likeness (QED) is 0.740. The van der Waals surface area contributed by atoms with Crippen molar-refractivity contribution in [3.63, 3.8) is 0 Å². The number of hydrogen-bond donors (Lipinski definition) is 1. The predicted molar refractivity (Wildman–Crippen MR) is 88.5 cm³/mol. The normalized spacial score (nSPS) is 10.6. The van der Waals surface area contributed by atoms with Gasteiger partial charge in [-0.3, -0.25) is 4.79 Å². The Kier molecular flexibility index (Phi) is 5.18. The third-order valence-corrected chi connectivity index (χ3v) is 3.76. The molecule has 0 fully saturated rings. The smallest absolute Gasteiger partial charge is 0.220 e. The summed E-state index contributed by atoms with van der Waals surface area (Å²) in [5, 5.41) is 6.68. The number of carbonyl (C=O) groups is 1. The van der Waals surface area contributed by atoms with Crippen molar-refractivity contribution in [3.05, 3.63) is 77.6 Å². The van der Waals surface area contributed by atoms with Gasteiger partial charge < -0.3 is 9.84 Å². The van der Waals surface area contributed by atoms with Gasteiger partial charge in [-0.25, -0.2) is 8.78 Å². The fourth-order valence-electron chi connectivity index (χ4n) is 2.46. The Labute approximate surface area is 143 Å². The van der Waals surface area contributed by atoms with E-state index in [4.69, 9.17) is 4.52 Å². The summed E-state index contributed by atoms with van der Waals surface area (Å²) in [6, 6.07) is 12.0. The lowest BCUT2D eigenvalue weighted by atomic mass is 10.0. The van der Waals surface area contributed by atoms with Gasteiger partial charge in [0.15, 0.2) is 0 Å². The average Bonchev–Trinajstić information content (AvgIpc) is 3.07. The SMILES string of the molecule is O=C(CCc1conc1-c1ccc(F)cc1)NCc1cccc(F)c1. The van der Waals surface area contributed by atoms with Crippen LogP contribution in [-0.4, -0.2) is 11.1 Å². The molecule has 0 aliphatic carbocycles. The van der Waals surface area contributed by atoms with Crippen LogP contribution in [0.4, 0.5) is 8.78 Å². The second kappa shape index (κ2) is 7.70. The fraction of sp³-hybridized carbons (Fsp3) is 0.158. The van der Waals surface area contributed by atoms with Crippen molar-refractivity contribution >= 4 is 5.91 Å². The van der Waals surface area contributed by atoms with Crippen LogP contribution in [0.25, 0.3) is 11.3 Å². The molecule has 6 heteroatoms. The van der Waals surface area contributed by atoms with Crippen molar-refractivity contribution in [1.82, 2.24) is 10.5 Å². The first-order chi connectivity index (χ1) is 12.1. The molecule has 0 atom stereocenters. The zero-order chi connectivity index (χ0) is 17.6. The van der Waals surface area contributed by atoms with E-state index in [9.17, 15) is 13.6 Å². The Balaban J connectivity index is 1.56. The van der Waals surface area contributed by atoms with E-state index in [1.165, 1.54) is 30.5 Å². The van der Waals surface area contributed by atoms with Gasteiger partial charge in [0.2, 0.25) is 5.91 Å². The van der Waals surface area contributed by atoms with E-state index < -0.39 is 0 Å². The Hall–Kier alpha value is -3.02. The molecule has 1 aromatic heterocycles. The summed E-state index contributed by atoms with van der Waals surface area (Å²) < 4.78 is 31.1. The molecule has 0 saturated carbocycles. The van der Waals surface area contributed by atoms with Crippen LogP contribution in [0.15, 0.2) is 59.3 Å². The summed E-state index contributed by atoms with van der Waals surface area (Å²) in [5.74, 6) is -0.818. The van der Waals surface area contributed by atoms with Crippen LogP contribution in [0.1, 0.15) is 17.5 Å². The van der Waals surface area contributed by atoms with E-state index in [2.05, 4.69) is 10.5 Å². The Morgan fingerprint density at radius 3 is 2.64 bits per heavy atom. The molecular weight excluding hydrogens is 326 g/mol. The molecule has 0 unspecified atom stereocenters. The van der Waals surface area contributed by atoms with Crippen LogP contribution >= 0.6 is 0 Å². The molecule has 0 radical (unpaired) electrons. The van der Waals surface area contributed by atoms with Crippen molar-refractivity contribution in [3.8, 4) is 11.3 Å². The van der Waals surface area contributed by atoms with E-state index in [0.29, 0.717) is 17.7 Å². The van der Waals surface area contributed by atoms with Crippen molar-refractivity contribution < 1.29 is 18.1 Å². The minimum atomic E-state index is -0.333. The standard InChI is InChI=1S/C19H16F2N2O2/c20-16-7-4-14(5-8-16)19-15(12-25-23-19)6-9-18(24)22-11-13-2-1-3-17(21)10-13/h1-5,7-8,10,12H,6,9,11H2,(H,22,24). The van der Waals surface area contributed by atoms with Crippen LogP contribution in [0.5, 0.6) is 0 Å². The maximum Gasteiger partial charge on any atom is 0.220 e. The monoisotopic (exact) mass is 342 g/mol. The number of benzene rings is 2. The van der Waals surface area contributed by atoms with E-state index in [1.807, 2.05) is 0 Å². The second-order valence-corrected chi connectivity index (χ2v) is 5.60. The second-order valence-electron chi connectivity index (χ2n) is 5.60. The van der Waals surface area contributed by atoms with E-state index >= 15 is 0 Å². The maximum absolute atomic E-state index is 13.1. The zero-order valence-electron chi connectivity index (χ0n) is 13.3. The molecule has 0 aliphatic heterocycles. The number of aryl methyl sites for hydroxylation is 1. The molecule has 1 amide bonds. The summed E-state index contributed by atoms with van der Waals surface area (Å²) in [6.07, 6.45) is 2.16. The van der Waals surface area contributed by atoms with E-state index in [0.717, 1.165) is 11.1 Å². The van der Waals surface area contributed by atoms with Gasteiger partial charge in [0, 0.05) is 24.1 Å². The lowest BCUT2D eigenvalue weighted by Gasteiger charge is -2.06. The number of halogens is 2. The van der Waals surface area contributed by atoms with Crippen LogP contribution in [0.2, 0.25) is 0 Å². The molecule has 1 heterocycles. The topological polar surface area (TPSA) is 55.1 Å². The highest BCUT2D eigenvalue weighted by molar-refractivity contribution is 5.76. The van der Waals surface area contributed by atoms with Crippen molar-refractivity contribution in [2.24, 2.45) is 0 Å². The largest absolute Gasteiger partial charge is 0.364 e. The molecule has 3 aromatic rings. The first kappa shape index (κ1) is 16.8. The van der Waals surface area contributed by atoms with Crippen molar-refractivity contribution in [1.29, 1.82) is 0 Å². The highest BCUT2D eigenvalue weighted by atomic mass is 19.1. The minimum Gasteiger partial charge on any atom is -0.364 e. The highest BCUT2D eigenvalue weighted by Crippen LogP contribution is 2.23. The van der Waals surface area contributed by atoms with Gasteiger partial charge in [0.25, 0.3) is 0 Å². The predicted octanol–water partition coefficient (Wildman–Crippen LogP) is 3.87. The van der Waals surface area contributed by atoms with Crippen LogP contribution in [0.3, 0.4) is 0 Å². The Bertz CT molecular complexity index is 860. The Morgan fingerprint density at radius 2 is 1.88 bits per heavy atom. The highest BCUT2D eigenvalue weighted by Gasteiger charge is 2.12. The number of rotatable bonds is 6. The maximum atomic E-state index is 13.1. The summed E-state index contributed by atoms with van der Waals surface area (Å²) in [7, 11) is 0. The van der Waals surface area contributed by atoms with Crippen molar-refractivity contribution in [2.45, 2.75) is 19.4 Å². The first-order valence-corrected chi connectivity index (χ1v) is 7.82. The number of hydrogen-bond acceptors (Lipinski definition) is 3. The molecule has 0 saturated heterocycles. The van der Waals surface area contributed by atoms with Gasteiger partial charge in [-0.05, 0) is 48.4 Å². The van der Waals surface area contributed by atoms with Crippen LogP contribution < -0.4 is 5.32 Å². The third kappa shape index (κ3) is 4.50. The molecule has 0 spiro atoms. The van der Waals surface area contributed by atoms with Gasteiger partial charge >= 0.3 is 0 Å². The van der Waals surface area contributed by atoms with Gasteiger partial charge in [0.1, 0.15) is 23.6 Å². The molecule has 128 valence electrons. The molecule has 1 N–H and O–H groups in total. The zero-order valence-corrected chi connectivity index (χ0v) is 13.3. The number of carbonyl (C=O) groups excluding carboxylic acids is 1.